The average Bonchev–Trinajstić information content (AvgIpc) is 2.67. The van der Waals surface area contributed by atoms with Crippen molar-refractivity contribution < 1.29 is 0 Å². The Balaban J connectivity index is 2.46. The molecular weight excluding hydrogens is 268 g/mol. The van der Waals surface area contributed by atoms with Crippen LogP contribution in [0.5, 0.6) is 0 Å². The molecule has 2 aromatic rings. The highest BCUT2D eigenvalue weighted by Crippen LogP contribution is 2.19. The van der Waals surface area contributed by atoms with E-state index in [1.165, 1.54) is 0 Å². The van der Waals surface area contributed by atoms with E-state index in [4.69, 9.17) is 0 Å². The Morgan fingerprint density at radius 3 is 2.94 bits per heavy atom. The van der Waals surface area contributed by atoms with Crippen molar-refractivity contribution in [2.75, 3.05) is 7.05 Å². The number of aromatic nitrogens is 3. The SMILES string of the molecule is CNCc1ncnn1-c1ccc(Br)cc1C. The molecule has 1 heterocycles. The standard InChI is InChI=1S/C11H13BrN4/c1-8-5-9(12)3-4-10(8)16-11(6-13-2)14-7-15-16/h3-5,7,13H,6H2,1-2H3. The molecule has 0 aliphatic heterocycles. The number of benzene rings is 1. The van der Waals surface area contributed by atoms with E-state index in [0.29, 0.717) is 6.54 Å². The minimum absolute atomic E-state index is 0.704. The van der Waals surface area contributed by atoms with Crippen molar-refractivity contribution in [3.8, 4) is 5.69 Å². The van der Waals surface area contributed by atoms with E-state index in [9.17, 15) is 0 Å². The Morgan fingerprint density at radius 1 is 1.44 bits per heavy atom. The Bertz CT molecular complexity index is 492. The van der Waals surface area contributed by atoms with Gasteiger partial charge in [-0.05, 0) is 37.7 Å². The number of aryl methyl sites for hydroxylation is 1. The monoisotopic (exact) mass is 280 g/mol. The maximum atomic E-state index is 4.25. The number of halogens is 1. The van der Waals surface area contributed by atoms with Crippen LogP contribution in [-0.2, 0) is 6.54 Å². The van der Waals surface area contributed by atoms with Crippen LogP contribution in [0.1, 0.15) is 11.4 Å². The first-order chi connectivity index (χ1) is 7.72. The van der Waals surface area contributed by atoms with Crippen LogP contribution in [0, 0.1) is 6.92 Å². The van der Waals surface area contributed by atoms with E-state index in [1.54, 1.807) is 6.33 Å². The zero-order valence-electron chi connectivity index (χ0n) is 9.24. The molecule has 0 bridgehead atoms. The summed E-state index contributed by atoms with van der Waals surface area (Å²) in [7, 11) is 1.90. The van der Waals surface area contributed by atoms with Gasteiger partial charge in [0.25, 0.3) is 0 Å². The van der Waals surface area contributed by atoms with Gasteiger partial charge < -0.3 is 5.32 Å². The fourth-order valence-electron chi connectivity index (χ4n) is 1.60. The Hall–Kier alpha value is -1.20. The maximum absolute atomic E-state index is 4.25. The predicted octanol–water partition coefficient (Wildman–Crippen LogP) is 2.06. The molecule has 0 spiro atoms. The van der Waals surface area contributed by atoms with E-state index < -0.39 is 0 Å². The Morgan fingerprint density at radius 2 is 2.25 bits per heavy atom. The van der Waals surface area contributed by atoms with E-state index >= 15 is 0 Å². The fourth-order valence-corrected chi connectivity index (χ4v) is 2.08. The summed E-state index contributed by atoms with van der Waals surface area (Å²) in [5.74, 6) is 0.910. The summed E-state index contributed by atoms with van der Waals surface area (Å²) >= 11 is 3.45. The van der Waals surface area contributed by atoms with Gasteiger partial charge in [0.15, 0.2) is 0 Å². The number of nitrogens with zero attached hydrogens (tertiary/aromatic N) is 3. The normalized spacial score (nSPS) is 10.7. The van der Waals surface area contributed by atoms with Gasteiger partial charge in [0.05, 0.1) is 12.2 Å². The molecule has 4 nitrogen and oxygen atoms in total. The van der Waals surface area contributed by atoms with Crippen molar-refractivity contribution in [3.63, 3.8) is 0 Å². The van der Waals surface area contributed by atoms with Crippen molar-refractivity contribution in [2.45, 2.75) is 13.5 Å². The summed E-state index contributed by atoms with van der Waals surface area (Å²) in [5, 5.41) is 7.32. The van der Waals surface area contributed by atoms with Crippen molar-refractivity contribution in [1.29, 1.82) is 0 Å². The van der Waals surface area contributed by atoms with Crippen LogP contribution in [0.4, 0.5) is 0 Å². The second-order valence-electron chi connectivity index (χ2n) is 3.55. The first-order valence-corrected chi connectivity index (χ1v) is 5.81. The lowest BCUT2D eigenvalue weighted by molar-refractivity contribution is 0.710. The van der Waals surface area contributed by atoms with Gasteiger partial charge >= 0.3 is 0 Å². The zero-order chi connectivity index (χ0) is 11.5. The number of nitrogens with one attached hydrogen (secondary N) is 1. The largest absolute Gasteiger partial charge is 0.313 e. The lowest BCUT2D eigenvalue weighted by Crippen LogP contribution is -2.12. The third-order valence-electron chi connectivity index (χ3n) is 2.34. The minimum Gasteiger partial charge on any atom is -0.313 e. The lowest BCUT2D eigenvalue weighted by atomic mass is 10.2. The van der Waals surface area contributed by atoms with E-state index in [2.05, 4.69) is 44.3 Å². The summed E-state index contributed by atoms with van der Waals surface area (Å²) in [6, 6.07) is 6.11. The summed E-state index contributed by atoms with van der Waals surface area (Å²) < 4.78 is 2.93. The van der Waals surface area contributed by atoms with Gasteiger partial charge in [-0.3, -0.25) is 0 Å². The highest BCUT2D eigenvalue weighted by molar-refractivity contribution is 9.10. The third kappa shape index (κ3) is 2.15. The van der Waals surface area contributed by atoms with Gasteiger partial charge in [-0.2, -0.15) is 5.10 Å². The molecule has 0 amide bonds. The van der Waals surface area contributed by atoms with Crippen LogP contribution in [0.3, 0.4) is 0 Å². The molecule has 1 aromatic carbocycles. The quantitative estimate of drug-likeness (QED) is 0.936. The zero-order valence-corrected chi connectivity index (χ0v) is 10.8. The highest BCUT2D eigenvalue weighted by Gasteiger charge is 2.08. The third-order valence-corrected chi connectivity index (χ3v) is 2.83. The molecule has 0 aliphatic carbocycles. The average molecular weight is 281 g/mol. The summed E-state index contributed by atoms with van der Waals surface area (Å²) in [5.41, 5.74) is 2.23. The molecule has 0 radical (unpaired) electrons. The molecule has 2 rings (SSSR count). The Labute approximate surface area is 103 Å². The van der Waals surface area contributed by atoms with Crippen LogP contribution in [-0.4, -0.2) is 21.8 Å². The molecule has 1 aromatic heterocycles. The van der Waals surface area contributed by atoms with Crippen LogP contribution in [0.2, 0.25) is 0 Å². The summed E-state index contributed by atoms with van der Waals surface area (Å²) in [4.78, 5) is 4.22. The van der Waals surface area contributed by atoms with E-state index in [0.717, 1.165) is 21.5 Å². The highest BCUT2D eigenvalue weighted by atomic mass is 79.9. The van der Waals surface area contributed by atoms with Crippen molar-refractivity contribution in [2.24, 2.45) is 0 Å². The second kappa shape index (κ2) is 4.76. The van der Waals surface area contributed by atoms with Crippen LogP contribution in [0.15, 0.2) is 29.0 Å². The van der Waals surface area contributed by atoms with Gasteiger partial charge in [0.1, 0.15) is 12.2 Å². The van der Waals surface area contributed by atoms with Crippen molar-refractivity contribution in [1.82, 2.24) is 20.1 Å². The number of rotatable bonds is 3. The lowest BCUT2D eigenvalue weighted by Gasteiger charge is -2.08. The van der Waals surface area contributed by atoms with Gasteiger partial charge in [-0.1, -0.05) is 15.9 Å². The Kier molecular flexibility index (Phi) is 3.36. The van der Waals surface area contributed by atoms with E-state index in [1.807, 2.05) is 23.9 Å². The summed E-state index contributed by atoms with van der Waals surface area (Å²) in [6.07, 6.45) is 1.58. The molecule has 0 fully saturated rings. The molecule has 0 unspecified atom stereocenters. The van der Waals surface area contributed by atoms with Gasteiger partial charge in [-0.15, -0.1) is 0 Å². The van der Waals surface area contributed by atoms with E-state index in [-0.39, 0.29) is 0 Å². The maximum Gasteiger partial charge on any atom is 0.146 e. The first kappa shape index (κ1) is 11.3. The first-order valence-electron chi connectivity index (χ1n) is 5.02. The molecule has 84 valence electrons. The fraction of sp³-hybridized carbons (Fsp3) is 0.273. The number of hydrogen-bond donors (Lipinski definition) is 1. The molecule has 0 atom stereocenters. The van der Waals surface area contributed by atoms with Crippen molar-refractivity contribution >= 4 is 15.9 Å². The minimum atomic E-state index is 0.704. The molecule has 0 saturated heterocycles. The van der Waals surface area contributed by atoms with Crippen LogP contribution < -0.4 is 5.32 Å². The number of hydrogen-bond acceptors (Lipinski definition) is 3. The summed E-state index contributed by atoms with van der Waals surface area (Å²) in [6.45, 7) is 2.76. The second-order valence-corrected chi connectivity index (χ2v) is 4.46. The molecule has 5 heteroatoms. The van der Waals surface area contributed by atoms with Crippen LogP contribution in [0.25, 0.3) is 5.69 Å². The molecule has 16 heavy (non-hydrogen) atoms. The molecular formula is C11H13BrN4. The van der Waals surface area contributed by atoms with Gasteiger partial charge in [-0.25, -0.2) is 9.67 Å². The molecule has 0 aliphatic rings. The molecule has 1 N–H and O–H groups in total. The topological polar surface area (TPSA) is 42.7 Å². The molecule has 0 saturated carbocycles. The smallest absolute Gasteiger partial charge is 0.146 e. The van der Waals surface area contributed by atoms with Gasteiger partial charge in [0, 0.05) is 4.47 Å². The van der Waals surface area contributed by atoms with Crippen molar-refractivity contribution in [3.05, 3.63) is 40.4 Å². The van der Waals surface area contributed by atoms with Crippen LogP contribution >= 0.6 is 15.9 Å². The predicted molar refractivity (Wildman–Crippen MR) is 66.6 cm³/mol. The van der Waals surface area contributed by atoms with Gasteiger partial charge in [0.2, 0.25) is 0 Å².